The van der Waals surface area contributed by atoms with Crippen molar-refractivity contribution in [1.29, 1.82) is 0 Å². The molecule has 2 saturated heterocycles. The van der Waals surface area contributed by atoms with Gasteiger partial charge in [0.1, 0.15) is 0 Å². The van der Waals surface area contributed by atoms with Crippen LogP contribution in [0.15, 0.2) is 35.3 Å². The smallest absolute Gasteiger partial charge is 0.223 e. The number of nitrogens with zero attached hydrogens (tertiary/aromatic N) is 3. The van der Waals surface area contributed by atoms with Crippen LogP contribution in [0, 0.1) is 5.92 Å². The second-order valence-electron chi connectivity index (χ2n) is 7.61. The molecule has 0 saturated carbocycles. The predicted molar refractivity (Wildman–Crippen MR) is 111 cm³/mol. The Hall–Kier alpha value is -2.12. The number of rotatable bonds is 9. The van der Waals surface area contributed by atoms with Gasteiger partial charge in [-0.3, -0.25) is 14.7 Å². The minimum Gasteiger partial charge on any atom is -0.379 e. The minimum atomic E-state index is 0.230. The molecule has 1 unspecified atom stereocenters. The number of amides is 1. The van der Waals surface area contributed by atoms with Crippen molar-refractivity contribution < 1.29 is 9.53 Å². The topological polar surface area (TPSA) is 83.2 Å². The molecule has 0 aliphatic carbocycles. The summed E-state index contributed by atoms with van der Waals surface area (Å²) < 4.78 is 5.35. The summed E-state index contributed by atoms with van der Waals surface area (Å²) in [5.74, 6) is 0.974. The van der Waals surface area contributed by atoms with Crippen LogP contribution in [0.2, 0.25) is 0 Å². The van der Waals surface area contributed by atoms with E-state index in [-0.39, 0.29) is 11.8 Å². The standard InChI is InChI=1S/C21H33N5O2/c22-21(23-8-4-9-25-11-13-28-14-12-25)24-16-19-15-20(27)26(17-19)10-7-18-5-2-1-3-6-18/h1-3,5-6,19H,4,7-17H2,(H3,22,23,24). The number of likely N-dealkylation sites (tertiary alicyclic amines) is 1. The summed E-state index contributed by atoms with van der Waals surface area (Å²) in [4.78, 5) is 21.0. The van der Waals surface area contributed by atoms with Gasteiger partial charge in [0, 0.05) is 51.6 Å². The van der Waals surface area contributed by atoms with E-state index in [0.29, 0.717) is 18.9 Å². The molecule has 0 aromatic heterocycles. The van der Waals surface area contributed by atoms with Crippen LogP contribution in [0.5, 0.6) is 0 Å². The average molecular weight is 388 g/mol. The summed E-state index contributed by atoms with van der Waals surface area (Å²) in [6.07, 6.45) is 2.50. The van der Waals surface area contributed by atoms with E-state index < -0.39 is 0 Å². The first-order valence-corrected chi connectivity index (χ1v) is 10.4. The van der Waals surface area contributed by atoms with E-state index in [2.05, 4.69) is 27.3 Å². The number of morpholine rings is 1. The van der Waals surface area contributed by atoms with Crippen LogP contribution in [0.25, 0.3) is 0 Å². The fourth-order valence-electron chi connectivity index (χ4n) is 3.73. The Balaban J connectivity index is 1.30. The van der Waals surface area contributed by atoms with E-state index in [1.807, 2.05) is 23.1 Å². The maximum atomic E-state index is 12.2. The van der Waals surface area contributed by atoms with Crippen LogP contribution < -0.4 is 11.1 Å². The lowest BCUT2D eigenvalue weighted by Crippen LogP contribution is -2.39. The summed E-state index contributed by atoms with van der Waals surface area (Å²) in [7, 11) is 0. The van der Waals surface area contributed by atoms with Gasteiger partial charge < -0.3 is 20.7 Å². The number of guanidine groups is 1. The van der Waals surface area contributed by atoms with E-state index in [4.69, 9.17) is 10.5 Å². The van der Waals surface area contributed by atoms with Crippen LogP contribution >= 0.6 is 0 Å². The molecule has 3 N–H and O–H groups in total. The zero-order chi connectivity index (χ0) is 19.6. The van der Waals surface area contributed by atoms with E-state index >= 15 is 0 Å². The summed E-state index contributed by atoms with van der Waals surface area (Å²) in [5.41, 5.74) is 7.25. The molecule has 1 atom stereocenters. The Bertz CT molecular complexity index is 631. The zero-order valence-corrected chi connectivity index (χ0v) is 16.7. The molecule has 7 heteroatoms. The Morgan fingerprint density at radius 2 is 2.00 bits per heavy atom. The first-order valence-electron chi connectivity index (χ1n) is 10.4. The Morgan fingerprint density at radius 3 is 2.79 bits per heavy atom. The summed E-state index contributed by atoms with van der Waals surface area (Å²) in [6.45, 7) is 7.73. The highest BCUT2D eigenvalue weighted by atomic mass is 16.5. The quantitative estimate of drug-likeness (QED) is 0.370. The fourth-order valence-corrected chi connectivity index (χ4v) is 3.73. The third kappa shape index (κ3) is 6.80. The molecule has 0 radical (unpaired) electrons. The molecule has 0 spiro atoms. The zero-order valence-electron chi connectivity index (χ0n) is 16.7. The van der Waals surface area contributed by atoms with Gasteiger partial charge in [-0.05, 0) is 24.9 Å². The highest BCUT2D eigenvalue weighted by molar-refractivity contribution is 5.79. The van der Waals surface area contributed by atoms with E-state index in [9.17, 15) is 4.79 Å². The maximum Gasteiger partial charge on any atom is 0.223 e. The molecular weight excluding hydrogens is 354 g/mol. The third-order valence-corrected chi connectivity index (χ3v) is 5.39. The monoisotopic (exact) mass is 387 g/mol. The van der Waals surface area contributed by atoms with Crippen molar-refractivity contribution in [2.75, 3.05) is 59.0 Å². The number of nitrogens with one attached hydrogen (secondary N) is 1. The SMILES string of the molecule is NC(=NCC1CC(=O)N(CCc2ccccc2)C1)NCCCN1CCOCC1. The van der Waals surface area contributed by atoms with Crippen LogP contribution in [0.3, 0.4) is 0 Å². The average Bonchev–Trinajstić information content (AvgIpc) is 3.09. The molecule has 2 fully saturated rings. The van der Waals surface area contributed by atoms with Crippen molar-refractivity contribution in [3.63, 3.8) is 0 Å². The molecule has 1 amide bonds. The molecule has 1 aromatic carbocycles. The molecule has 154 valence electrons. The maximum absolute atomic E-state index is 12.2. The van der Waals surface area contributed by atoms with Crippen LogP contribution in [0.4, 0.5) is 0 Å². The molecule has 3 rings (SSSR count). The summed E-state index contributed by atoms with van der Waals surface area (Å²) in [5, 5.41) is 3.19. The van der Waals surface area contributed by atoms with Gasteiger partial charge in [0.2, 0.25) is 5.91 Å². The molecule has 1 aromatic rings. The lowest BCUT2D eigenvalue weighted by Gasteiger charge is -2.26. The van der Waals surface area contributed by atoms with Crippen LogP contribution in [0.1, 0.15) is 18.4 Å². The van der Waals surface area contributed by atoms with Gasteiger partial charge >= 0.3 is 0 Å². The van der Waals surface area contributed by atoms with Crippen molar-refractivity contribution in [3.05, 3.63) is 35.9 Å². The van der Waals surface area contributed by atoms with E-state index in [1.165, 1.54) is 5.56 Å². The van der Waals surface area contributed by atoms with Gasteiger partial charge in [-0.15, -0.1) is 0 Å². The molecule has 2 aliphatic heterocycles. The number of benzene rings is 1. The van der Waals surface area contributed by atoms with Crippen molar-refractivity contribution in [1.82, 2.24) is 15.1 Å². The fraction of sp³-hybridized carbons (Fsp3) is 0.619. The number of carbonyl (C=O) groups is 1. The van der Waals surface area contributed by atoms with Gasteiger partial charge in [-0.1, -0.05) is 30.3 Å². The van der Waals surface area contributed by atoms with Crippen molar-refractivity contribution in [2.24, 2.45) is 16.6 Å². The number of nitrogens with two attached hydrogens (primary N) is 1. The van der Waals surface area contributed by atoms with Crippen molar-refractivity contribution in [3.8, 4) is 0 Å². The molecule has 28 heavy (non-hydrogen) atoms. The minimum absolute atomic E-state index is 0.230. The molecule has 7 nitrogen and oxygen atoms in total. The first-order chi connectivity index (χ1) is 13.7. The van der Waals surface area contributed by atoms with Gasteiger partial charge in [0.25, 0.3) is 0 Å². The highest BCUT2D eigenvalue weighted by Crippen LogP contribution is 2.18. The normalized spacial score (nSPS) is 21.3. The largest absolute Gasteiger partial charge is 0.379 e. The van der Waals surface area contributed by atoms with Crippen LogP contribution in [-0.4, -0.2) is 80.7 Å². The van der Waals surface area contributed by atoms with Gasteiger partial charge in [-0.2, -0.15) is 0 Å². The number of hydrogen-bond donors (Lipinski definition) is 2. The predicted octanol–water partition coefficient (Wildman–Crippen LogP) is 0.704. The Morgan fingerprint density at radius 1 is 1.21 bits per heavy atom. The number of ether oxygens (including phenoxy) is 1. The Labute approximate surface area is 167 Å². The lowest BCUT2D eigenvalue weighted by molar-refractivity contribution is -0.127. The van der Waals surface area contributed by atoms with Gasteiger partial charge in [-0.25, -0.2) is 0 Å². The number of aliphatic imine (C=N–C) groups is 1. The second kappa shape index (κ2) is 11.0. The van der Waals surface area contributed by atoms with E-state index in [0.717, 1.165) is 65.3 Å². The van der Waals surface area contributed by atoms with Crippen LogP contribution in [-0.2, 0) is 16.0 Å². The van der Waals surface area contributed by atoms with Gasteiger partial charge in [0.05, 0.1) is 13.2 Å². The van der Waals surface area contributed by atoms with E-state index in [1.54, 1.807) is 0 Å². The second-order valence-corrected chi connectivity index (χ2v) is 7.61. The van der Waals surface area contributed by atoms with Gasteiger partial charge in [0.15, 0.2) is 5.96 Å². The first kappa shape index (κ1) is 20.6. The Kier molecular flexibility index (Phi) is 8.11. The molecule has 2 heterocycles. The number of hydrogen-bond acceptors (Lipinski definition) is 4. The molecule has 2 aliphatic rings. The van der Waals surface area contributed by atoms with Crippen molar-refractivity contribution in [2.45, 2.75) is 19.3 Å². The molecular formula is C21H33N5O2. The number of carbonyl (C=O) groups excluding carboxylic acids is 1. The summed E-state index contributed by atoms with van der Waals surface area (Å²) >= 11 is 0. The molecule has 0 bridgehead atoms. The third-order valence-electron chi connectivity index (χ3n) is 5.39. The van der Waals surface area contributed by atoms with Crippen molar-refractivity contribution >= 4 is 11.9 Å². The lowest BCUT2D eigenvalue weighted by atomic mass is 10.1. The highest BCUT2D eigenvalue weighted by Gasteiger charge is 2.28. The summed E-state index contributed by atoms with van der Waals surface area (Å²) in [6, 6.07) is 10.3.